The van der Waals surface area contributed by atoms with Gasteiger partial charge in [0.15, 0.2) is 0 Å². The lowest BCUT2D eigenvalue weighted by molar-refractivity contribution is 0.306. The Morgan fingerprint density at radius 2 is 1.57 bits per heavy atom. The molecule has 0 bridgehead atoms. The van der Waals surface area contributed by atoms with Crippen LogP contribution in [0.15, 0.2) is 54.6 Å². The van der Waals surface area contributed by atoms with Crippen LogP contribution in [0.3, 0.4) is 0 Å². The van der Waals surface area contributed by atoms with Gasteiger partial charge in [-0.2, -0.15) is 0 Å². The predicted octanol–water partition coefficient (Wildman–Crippen LogP) is 4.26. The third kappa shape index (κ3) is 4.61. The first-order valence-electron chi connectivity index (χ1n) is 7.93. The summed E-state index contributed by atoms with van der Waals surface area (Å²) in [5.74, 6) is 0.963. The second-order valence-corrected chi connectivity index (χ2v) is 5.67. The Bertz CT molecular complexity index is 531. The molecule has 1 aliphatic carbocycles. The SMILES string of the molecule is c1ccc(-c2ccc(OCCCCNC3CC3)cc2)cc1. The Hall–Kier alpha value is -1.80. The third-order valence-corrected chi connectivity index (χ3v) is 3.81. The second kappa shape index (κ2) is 7.28. The van der Waals surface area contributed by atoms with E-state index in [2.05, 4.69) is 53.8 Å². The van der Waals surface area contributed by atoms with Gasteiger partial charge in [-0.3, -0.25) is 0 Å². The number of benzene rings is 2. The number of rotatable bonds is 8. The predicted molar refractivity (Wildman–Crippen MR) is 87.6 cm³/mol. The van der Waals surface area contributed by atoms with Crippen molar-refractivity contribution in [2.45, 2.75) is 31.7 Å². The van der Waals surface area contributed by atoms with Gasteiger partial charge >= 0.3 is 0 Å². The standard InChI is InChI=1S/C19H23NO/c1-2-6-16(7-3-1)17-8-12-19(13-9-17)21-15-5-4-14-20-18-10-11-18/h1-3,6-9,12-13,18,20H,4-5,10-11,14-15H2. The Labute approximate surface area is 127 Å². The van der Waals surface area contributed by atoms with Gasteiger partial charge in [-0.05, 0) is 55.5 Å². The summed E-state index contributed by atoms with van der Waals surface area (Å²) in [6.07, 6.45) is 5.04. The molecule has 2 nitrogen and oxygen atoms in total. The fraction of sp³-hybridized carbons (Fsp3) is 0.368. The second-order valence-electron chi connectivity index (χ2n) is 5.67. The molecule has 0 radical (unpaired) electrons. The highest BCUT2D eigenvalue weighted by molar-refractivity contribution is 5.63. The molecule has 0 unspecified atom stereocenters. The lowest BCUT2D eigenvalue weighted by atomic mass is 10.1. The van der Waals surface area contributed by atoms with E-state index in [1.807, 2.05) is 6.07 Å². The molecule has 0 aromatic heterocycles. The lowest BCUT2D eigenvalue weighted by Crippen LogP contribution is -2.17. The van der Waals surface area contributed by atoms with E-state index in [-0.39, 0.29) is 0 Å². The van der Waals surface area contributed by atoms with Crippen LogP contribution < -0.4 is 10.1 Å². The Morgan fingerprint density at radius 3 is 2.29 bits per heavy atom. The van der Waals surface area contributed by atoms with E-state index in [0.29, 0.717) is 0 Å². The fourth-order valence-electron chi connectivity index (χ4n) is 2.38. The molecule has 0 heterocycles. The summed E-state index contributed by atoms with van der Waals surface area (Å²) >= 11 is 0. The number of ether oxygens (including phenoxy) is 1. The average molecular weight is 281 g/mol. The summed E-state index contributed by atoms with van der Waals surface area (Å²) in [6.45, 7) is 1.93. The summed E-state index contributed by atoms with van der Waals surface area (Å²) in [6, 6.07) is 19.6. The van der Waals surface area contributed by atoms with Crippen LogP contribution >= 0.6 is 0 Å². The van der Waals surface area contributed by atoms with Gasteiger partial charge in [-0.1, -0.05) is 42.5 Å². The molecule has 0 aliphatic heterocycles. The average Bonchev–Trinajstić information content (AvgIpc) is 3.36. The molecule has 21 heavy (non-hydrogen) atoms. The largest absolute Gasteiger partial charge is 0.494 e. The van der Waals surface area contributed by atoms with Crippen LogP contribution in [0.2, 0.25) is 0 Å². The molecule has 110 valence electrons. The summed E-state index contributed by atoms with van der Waals surface area (Å²) in [5.41, 5.74) is 2.48. The van der Waals surface area contributed by atoms with Crippen molar-refractivity contribution in [1.82, 2.24) is 5.32 Å². The smallest absolute Gasteiger partial charge is 0.119 e. The molecule has 2 heteroatoms. The first-order chi connectivity index (χ1) is 10.4. The van der Waals surface area contributed by atoms with E-state index in [9.17, 15) is 0 Å². The molecular formula is C19H23NO. The first-order valence-corrected chi connectivity index (χ1v) is 7.93. The Morgan fingerprint density at radius 1 is 0.857 bits per heavy atom. The minimum atomic E-state index is 0.803. The van der Waals surface area contributed by atoms with Crippen LogP contribution in [-0.4, -0.2) is 19.2 Å². The molecule has 2 aromatic carbocycles. The van der Waals surface area contributed by atoms with E-state index in [1.165, 1.54) is 30.4 Å². The fourth-order valence-corrected chi connectivity index (χ4v) is 2.38. The van der Waals surface area contributed by atoms with Gasteiger partial charge in [0.25, 0.3) is 0 Å². The van der Waals surface area contributed by atoms with Crippen LogP contribution in [0.4, 0.5) is 0 Å². The molecule has 2 aromatic rings. The first kappa shape index (κ1) is 14.2. The zero-order valence-electron chi connectivity index (χ0n) is 12.4. The van der Waals surface area contributed by atoms with Crippen molar-refractivity contribution < 1.29 is 4.74 Å². The number of nitrogens with one attached hydrogen (secondary N) is 1. The number of hydrogen-bond acceptors (Lipinski definition) is 2. The number of hydrogen-bond donors (Lipinski definition) is 1. The van der Waals surface area contributed by atoms with Gasteiger partial charge in [0.1, 0.15) is 5.75 Å². The summed E-state index contributed by atoms with van der Waals surface area (Å²) in [5, 5.41) is 3.53. The van der Waals surface area contributed by atoms with E-state index in [1.54, 1.807) is 0 Å². The molecule has 0 atom stereocenters. The summed E-state index contributed by atoms with van der Waals surface area (Å²) in [4.78, 5) is 0. The molecular weight excluding hydrogens is 258 g/mol. The monoisotopic (exact) mass is 281 g/mol. The highest BCUT2D eigenvalue weighted by atomic mass is 16.5. The number of unbranched alkanes of at least 4 members (excludes halogenated alkanes) is 1. The third-order valence-electron chi connectivity index (χ3n) is 3.81. The van der Waals surface area contributed by atoms with Crippen molar-refractivity contribution >= 4 is 0 Å². The van der Waals surface area contributed by atoms with Gasteiger partial charge < -0.3 is 10.1 Å². The van der Waals surface area contributed by atoms with Crippen molar-refractivity contribution in [2.24, 2.45) is 0 Å². The molecule has 1 aliphatic rings. The van der Waals surface area contributed by atoms with Crippen molar-refractivity contribution in [3.05, 3.63) is 54.6 Å². The van der Waals surface area contributed by atoms with Crippen molar-refractivity contribution in [2.75, 3.05) is 13.2 Å². The van der Waals surface area contributed by atoms with Crippen molar-refractivity contribution in [1.29, 1.82) is 0 Å². The van der Waals surface area contributed by atoms with Gasteiger partial charge in [0.2, 0.25) is 0 Å². The highest BCUT2D eigenvalue weighted by Crippen LogP contribution is 2.22. The minimum Gasteiger partial charge on any atom is -0.494 e. The lowest BCUT2D eigenvalue weighted by Gasteiger charge is -2.08. The molecule has 3 rings (SSSR count). The normalized spacial score (nSPS) is 14.1. The van der Waals surface area contributed by atoms with Crippen LogP contribution in [0.5, 0.6) is 5.75 Å². The van der Waals surface area contributed by atoms with Crippen LogP contribution in [0.1, 0.15) is 25.7 Å². The molecule has 1 N–H and O–H groups in total. The molecule has 1 saturated carbocycles. The molecule has 1 fully saturated rings. The Balaban J connectivity index is 1.39. The molecule has 0 saturated heterocycles. The van der Waals surface area contributed by atoms with Crippen LogP contribution in [0, 0.1) is 0 Å². The quantitative estimate of drug-likeness (QED) is 0.730. The van der Waals surface area contributed by atoms with Gasteiger partial charge in [0.05, 0.1) is 6.61 Å². The summed E-state index contributed by atoms with van der Waals surface area (Å²) < 4.78 is 5.79. The van der Waals surface area contributed by atoms with E-state index in [0.717, 1.165) is 31.4 Å². The van der Waals surface area contributed by atoms with Gasteiger partial charge in [-0.15, -0.1) is 0 Å². The molecule has 0 amide bonds. The van der Waals surface area contributed by atoms with E-state index >= 15 is 0 Å². The Kier molecular flexibility index (Phi) is 4.90. The van der Waals surface area contributed by atoms with Gasteiger partial charge in [-0.25, -0.2) is 0 Å². The molecule has 0 spiro atoms. The van der Waals surface area contributed by atoms with Crippen molar-refractivity contribution in [3.8, 4) is 16.9 Å². The van der Waals surface area contributed by atoms with E-state index in [4.69, 9.17) is 4.74 Å². The zero-order chi connectivity index (χ0) is 14.3. The van der Waals surface area contributed by atoms with Gasteiger partial charge in [0, 0.05) is 6.04 Å². The minimum absolute atomic E-state index is 0.803. The summed E-state index contributed by atoms with van der Waals surface area (Å²) in [7, 11) is 0. The highest BCUT2D eigenvalue weighted by Gasteiger charge is 2.19. The van der Waals surface area contributed by atoms with E-state index < -0.39 is 0 Å². The maximum absolute atomic E-state index is 5.79. The topological polar surface area (TPSA) is 21.3 Å². The van der Waals surface area contributed by atoms with Crippen LogP contribution in [-0.2, 0) is 0 Å². The van der Waals surface area contributed by atoms with Crippen molar-refractivity contribution in [3.63, 3.8) is 0 Å². The van der Waals surface area contributed by atoms with Crippen LogP contribution in [0.25, 0.3) is 11.1 Å². The maximum Gasteiger partial charge on any atom is 0.119 e. The zero-order valence-corrected chi connectivity index (χ0v) is 12.4. The maximum atomic E-state index is 5.79.